The summed E-state index contributed by atoms with van der Waals surface area (Å²) in [6, 6.07) is 24.6. The van der Waals surface area contributed by atoms with Gasteiger partial charge in [-0.1, -0.05) is 60.7 Å². The second kappa shape index (κ2) is 7.49. The van der Waals surface area contributed by atoms with E-state index in [4.69, 9.17) is 9.72 Å². The van der Waals surface area contributed by atoms with Crippen molar-refractivity contribution in [1.82, 2.24) is 9.38 Å². The Bertz CT molecular complexity index is 1060. The average molecular weight is 372 g/mol. The summed E-state index contributed by atoms with van der Waals surface area (Å²) in [7, 11) is 6.60. The van der Waals surface area contributed by atoms with E-state index in [1.54, 1.807) is 0 Å². The first kappa shape index (κ1) is 18.3. The summed E-state index contributed by atoms with van der Waals surface area (Å²) in [6.07, 6.45) is 2.08. The first-order valence-electron chi connectivity index (χ1n) is 9.54. The Labute approximate surface area is 166 Å². The van der Waals surface area contributed by atoms with E-state index in [-0.39, 0.29) is 0 Å². The van der Waals surface area contributed by atoms with Crippen molar-refractivity contribution in [2.45, 2.75) is 13.2 Å². The van der Waals surface area contributed by atoms with Crippen molar-refractivity contribution >= 4 is 5.65 Å². The normalized spacial score (nSPS) is 11.7. The van der Waals surface area contributed by atoms with Gasteiger partial charge in [0.2, 0.25) is 0 Å². The van der Waals surface area contributed by atoms with Crippen LogP contribution in [-0.4, -0.2) is 35.0 Å². The molecule has 0 aliphatic heterocycles. The van der Waals surface area contributed by atoms with E-state index < -0.39 is 0 Å². The van der Waals surface area contributed by atoms with Crippen molar-refractivity contribution in [2.75, 3.05) is 21.1 Å². The molecule has 4 aromatic rings. The van der Waals surface area contributed by atoms with Gasteiger partial charge in [-0.2, -0.15) is 0 Å². The van der Waals surface area contributed by atoms with Gasteiger partial charge in [0.25, 0.3) is 0 Å². The highest BCUT2D eigenvalue weighted by molar-refractivity contribution is 5.69. The smallest absolute Gasteiger partial charge is 0.180 e. The SMILES string of the molecule is C[N+](C)(C)Cc1c(-c2ccccc2)nc2c(OCc3ccccc3)cccn12. The monoisotopic (exact) mass is 372 g/mol. The molecule has 4 rings (SSSR count). The summed E-state index contributed by atoms with van der Waals surface area (Å²) in [5.41, 5.74) is 5.35. The van der Waals surface area contributed by atoms with Gasteiger partial charge < -0.3 is 9.22 Å². The van der Waals surface area contributed by atoms with Gasteiger partial charge in [-0.25, -0.2) is 4.98 Å². The molecule has 4 heteroatoms. The van der Waals surface area contributed by atoms with Crippen molar-refractivity contribution in [1.29, 1.82) is 0 Å². The molecule has 28 heavy (non-hydrogen) atoms. The number of fused-ring (bicyclic) bond motifs is 1. The van der Waals surface area contributed by atoms with E-state index in [2.05, 4.69) is 68.1 Å². The quantitative estimate of drug-likeness (QED) is 0.455. The molecule has 0 bridgehead atoms. The van der Waals surface area contributed by atoms with Crippen molar-refractivity contribution < 1.29 is 9.22 Å². The van der Waals surface area contributed by atoms with Gasteiger partial charge in [-0.05, 0) is 17.7 Å². The zero-order valence-corrected chi connectivity index (χ0v) is 16.7. The minimum Gasteiger partial charge on any atom is -0.485 e. The van der Waals surface area contributed by atoms with Gasteiger partial charge in [-0.15, -0.1) is 0 Å². The number of rotatable bonds is 6. The van der Waals surface area contributed by atoms with Crippen LogP contribution in [0, 0.1) is 0 Å². The van der Waals surface area contributed by atoms with E-state index in [0.29, 0.717) is 6.61 Å². The molecular weight excluding hydrogens is 346 g/mol. The number of quaternary nitrogens is 1. The van der Waals surface area contributed by atoms with Crippen LogP contribution in [0.1, 0.15) is 11.3 Å². The Morgan fingerprint density at radius 1 is 0.857 bits per heavy atom. The molecule has 4 nitrogen and oxygen atoms in total. The Balaban J connectivity index is 1.79. The predicted molar refractivity (Wildman–Crippen MR) is 113 cm³/mol. The van der Waals surface area contributed by atoms with Crippen LogP contribution >= 0.6 is 0 Å². The van der Waals surface area contributed by atoms with Crippen LogP contribution in [0.3, 0.4) is 0 Å². The van der Waals surface area contributed by atoms with Crippen molar-refractivity contribution in [2.24, 2.45) is 0 Å². The highest BCUT2D eigenvalue weighted by atomic mass is 16.5. The van der Waals surface area contributed by atoms with E-state index >= 15 is 0 Å². The Kier molecular flexibility index (Phi) is 4.88. The van der Waals surface area contributed by atoms with Crippen molar-refractivity contribution in [3.8, 4) is 17.0 Å². The molecule has 0 N–H and O–H groups in total. The standard InChI is InChI=1S/C24H26N3O/c1-27(2,3)17-21-23(20-13-8-5-9-14-20)25-24-22(15-10-16-26(21)24)28-18-19-11-6-4-7-12-19/h4-16H,17-18H2,1-3H3/q+1. The fourth-order valence-electron chi connectivity index (χ4n) is 3.37. The van der Waals surface area contributed by atoms with Crippen LogP contribution < -0.4 is 4.74 Å². The number of pyridine rings is 1. The van der Waals surface area contributed by atoms with Gasteiger partial charge >= 0.3 is 0 Å². The molecule has 0 aliphatic carbocycles. The lowest BCUT2D eigenvalue weighted by atomic mass is 10.1. The summed E-state index contributed by atoms with van der Waals surface area (Å²) >= 11 is 0. The molecule has 0 spiro atoms. The van der Waals surface area contributed by atoms with Gasteiger partial charge in [-0.3, -0.25) is 4.40 Å². The number of benzene rings is 2. The minimum atomic E-state index is 0.526. The maximum atomic E-state index is 6.15. The molecule has 2 aromatic heterocycles. The highest BCUT2D eigenvalue weighted by Crippen LogP contribution is 2.30. The second-order valence-corrected chi connectivity index (χ2v) is 8.06. The number of ether oxygens (including phenoxy) is 1. The van der Waals surface area contributed by atoms with Gasteiger partial charge in [0.15, 0.2) is 11.4 Å². The van der Waals surface area contributed by atoms with Crippen LogP contribution in [0.2, 0.25) is 0 Å². The van der Waals surface area contributed by atoms with Crippen LogP contribution in [0.15, 0.2) is 79.0 Å². The van der Waals surface area contributed by atoms with Crippen LogP contribution in [-0.2, 0) is 13.2 Å². The molecule has 142 valence electrons. The molecule has 0 aliphatic rings. The fraction of sp³-hybridized carbons (Fsp3) is 0.208. The van der Waals surface area contributed by atoms with E-state index in [1.807, 2.05) is 36.4 Å². The summed E-state index contributed by atoms with van der Waals surface area (Å²) in [6.45, 7) is 1.40. The maximum absolute atomic E-state index is 6.15. The van der Waals surface area contributed by atoms with Crippen LogP contribution in [0.25, 0.3) is 16.9 Å². The molecule has 0 saturated carbocycles. The number of hydrogen-bond acceptors (Lipinski definition) is 2. The number of imidazole rings is 1. The first-order chi connectivity index (χ1) is 13.5. The van der Waals surface area contributed by atoms with E-state index in [1.165, 1.54) is 5.69 Å². The zero-order valence-electron chi connectivity index (χ0n) is 16.7. The third kappa shape index (κ3) is 3.92. The van der Waals surface area contributed by atoms with Gasteiger partial charge in [0.05, 0.1) is 26.8 Å². The molecule has 0 amide bonds. The summed E-state index contributed by atoms with van der Waals surface area (Å²) < 4.78 is 9.15. The van der Waals surface area contributed by atoms with Crippen molar-refractivity contribution in [3.05, 3.63) is 90.3 Å². The molecule has 0 unspecified atom stereocenters. The van der Waals surface area contributed by atoms with Gasteiger partial charge in [0.1, 0.15) is 18.8 Å². The molecule has 0 fully saturated rings. The maximum Gasteiger partial charge on any atom is 0.180 e. The molecular formula is C24H26N3O+. The summed E-state index contributed by atoms with van der Waals surface area (Å²) in [5, 5.41) is 0. The third-order valence-electron chi connectivity index (χ3n) is 4.62. The lowest BCUT2D eigenvalue weighted by Gasteiger charge is -2.24. The Hall–Kier alpha value is -3.11. The van der Waals surface area contributed by atoms with E-state index in [9.17, 15) is 0 Å². The summed E-state index contributed by atoms with van der Waals surface area (Å²) in [4.78, 5) is 5.01. The first-order valence-corrected chi connectivity index (χ1v) is 9.54. The largest absolute Gasteiger partial charge is 0.485 e. The summed E-state index contributed by atoms with van der Waals surface area (Å²) in [5.74, 6) is 0.802. The lowest BCUT2D eigenvalue weighted by Crippen LogP contribution is -2.34. The third-order valence-corrected chi connectivity index (χ3v) is 4.62. The van der Waals surface area contributed by atoms with E-state index in [0.717, 1.165) is 39.2 Å². The average Bonchev–Trinajstić information content (AvgIpc) is 3.05. The molecule has 2 aromatic carbocycles. The fourth-order valence-corrected chi connectivity index (χ4v) is 3.37. The van der Waals surface area contributed by atoms with Gasteiger partial charge in [0, 0.05) is 11.8 Å². The molecule has 2 heterocycles. The molecule has 0 atom stereocenters. The zero-order chi connectivity index (χ0) is 19.6. The highest BCUT2D eigenvalue weighted by Gasteiger charge is 2.21. The van der Waals surface area contributed by atoms with Crippen molar-refractivity contribution in [3.63, 3.8) is 0 Å². The van der Waals surface area contributed by atoms with Crippen LogP contribution in [0.5, 0.6) is 5.75 Å². The topological polar surface area (TPSA) is 26.5 Å². The Morgan fingerprint density at radius 2 is 1.54 bits per heavy atom. The Morgan fingerprint density at radius 3 is 2.21 bits per heavy atom. The number of aromatic nitrogens is 2. The number of nitrogens with zero attached hydrogens (tertiary/aromatic N) is 3. The lowest BCUT2D eigenvalue weighted by molar-refractivity contribution is -0.884. The van der Waals surface area contributed by atoms with Crippen LogP contribution in [0.4, 0.5) is 0 Å². The molecule has 0 radical (unpaired) electrons. The minimum absolute atomic E-state index is 0.526. The molecule has 0 saturated heterocycles. The second-order valence-electron chi connectivity index (χ2n) is 8.06. The predicted octanol–water partition coefficient (Wildman–Crippen LogP) is 4.79. The number of hydrogen-bond donors (Lipinski definition) is 0.